The highest BCUT2D eigenvalue weighted by Gasteiger charge is 2.34. The maximum atomic E-state index is 11.3. The minimum Gasteiger partial charge on any atom is -0.346 e. The largest absolute Gasteiger partial charge is 0.346 e. The molecule has 1 saturated heterocycles. The number of hydrogen-bond acceptors (Lipinski definition) is 5. The van der Waals surface area contributed by atoms with Crippen molar-refractivity contribution in [2.45, 2.75) is 38.3 Å². The van der Waals surface area contributed by atoms with E-state index in [1.165, 1.54) is 0 Å². The van der Waals surface area contributed by atoms with Crippen molar-refractivity contribution in [3.63, 3.8) is 0 Å². The Hall–Kier alpha value is -0.950. The molecule has 0 radical (unpaired) electrons. The molecule has 1 aromatic rings. The second-order valence-corrected chi connectivity index (χ2v) is 6.48. The first-order valence-electron chi connectivity index (χ1n) is 6.70. The van der Waals surface area contributed by atoms with Crippen LogP contribution < -0.4 is 0 Å². The van der Waals surface area contributed by atoms with Crippen molar-refractivity contribution in [3.8, 4) is 0 Å². The van der Waals surface area contributed by atoms with Gasteiger partial charge in [0, 0.05) is 5.56 Å². The molecule has 1 aliphatic heterocycles. The van der Waals surface area contributed by atoms with Crippen molar-refractivity contribution in [2.24, 2.45) is 0 Å². The molecule has 0 aromatic heterocycles. The normalized spacial score (nSPS) is 27.4. The molecule has 1 aliphatic rings. The summed E-state index contributed by atoms with van der Waals surface area (Å²) in [5.41, 5.74) is 0.923. The maximum Gasteiger partial charge on any atom is 0.264 e. The predicted molar refractivity (Wildman–Crippen MR) is 74.6 cm³/mol. The van der Waals surface area contributed by atoms with Crippen molar-refractivity contribution in [2.75, 3.05) is 12.9 Å². The van der Waals surface area contributed by atoms with Gasteiger partial charge in [0.15, 0.2) is 6.29 Å². The van der Waals surface area contributed by atoms with Crippen LogP contribution >= 0.6 is 0 Å². The fourth-order valence-electron chi connectivity index (χ4n) is 2.21. The van der Waals surface area contributed by atoms with Crippen LogP contribution in [0.15, 0.2) is 30.3 Å². The van der Waals surface area contributed by atoms with Crippen LogP contribution in [0.5, 0.6) is 0 Å². The van der Waals surface area contributed by atoms with E-state index in [-0.39, 0.29) is 12.7 Å². The summed E-state index contributed by atoms with van der Waals surface area (Å²) in [5.74, 6) is 0. The van der Waals surface area contributed by atoms with E-state index >= 15 is 0 Å². The van der Waals surface area contributed by atoms with Crippen molar-refractivity contribution >= 4 is 10.1 Å². The van der Waals surface area contributed by atoms with E-state index in [4.69, 9.17) is 13.7 Å². The Morgan fingerprint density at radius 3 is 2.60 bits per heavy atom. The summed E-state index contributed by atoms with van der Waals surface area (Å²) >= 11 is 0. The minimum atomic E-state index is -3.52. The fraction of sp³-hybridized carbons (Fsp3) is 0.571. The van der Waals surface area contributed by atoms with Crippen molar-refractivity contribution in [1.82, 2.24) is 0 Å². The predicted octanol–water partition coefficient (Wildman–Crippen LogP) is 2.25. The highest BCUT2D eigenvalue weighted by molar-refractivity contribution is 7.86. The van der Waals surface area contributed by atoms with Gasteiger partial charge in [0.2, 0.25) is 0 Å². The summed E-state index contributed by atoms with van der Waals surface area (Å²) in [4.78, 5) is 0. The molecule has 3 atom stereocenters. The molecule has 1 aromatic carbocycles. The van der Waals surface area contributed by atoms with Crippen LogP contribution in [-0.4, -0.2) is 33.5 Å². The SMILES string of the molecule is CCCC1OC(c2ccccc2)OCC1OS(C)(=O)=O. The highest BCUT2D eigenvalue weighted by Crippen LogP contribution is 2.30. The van der Waals surface area contributed by atoms with Gasteiger partial charge in [0.25, 0.3) is 10.1 Å². The molecule has 1 fully saturated rings. The van der Waals surface area contributed by atoms with Gasteiger partial charge in [-0.15, -0.1) is 0 Å². The third kappa shape index (κ3) is 4.28. The van der Waals surface area contributed by atoms with Crippen molar-refractivity contribution in [3.05, 3.63) is 35.9 Å². The summed E-state index contributed by atoms with van der Waals surface area (Å²) in [6, 6.07) is 9.59. The van der Waals surface area contributed by atoms with E-state index < -0.39 is 22.5 Å². The van der Waals surface area contributed by atoms with Crippen LogP contribution in [0.2, 0.25) is 0 Å². The Morgan fingerprint density at radius 2 is 2.00 bits per heavy atom. The Labute approximate surface area is 120 Å². The number of ether oxygens (including phenoxy) is 2. The van der Waals surface area contributed by atoms with Gasteiger partial charge in [-0.1, -0.05) is 43.7 Å². The minimum absolute atomic E-state index is 0.206. The summed E-state index contributed by atoms with van der Waals surface area (Å²) in [6.07, 6.45) is 1.33. The van der Waals surface area contributed by atoms with E-state index in [1.807, 2.05) is 37.3 Å². The molecule has 0 amide bonds. The fourth-order valence-corrected chi connectivity index (χ4v) is 2.84. The third-order valence-corrected chi connectivity index (χ3v) is 3.67. The molecule has 2 rings (SSSR count). The second kappa shape index (κ2) is 6.67. The third-order valence-electron chi connectivity index (χ3n) is 3.07. The van der Waals surface area contributed by atoms with Gasteiger partial charge in [-0.25, -0.2) is 0 Å². The second-order valence-electron chi connectivity index (χ2n) is 4.88. The average Bonchev–Trinajstić information content (AvgIpc) is 2.40. The summed E-state index contributed by atoms with van der Waals surface area (Å²) < 4.78 is 39.0. The topological polar surface area (TPSA) is 61.8 Å². The monoisotopic (exact) mass is 300 g/mol. The standard InChI is InChI=1S/C14H20O5S/c1-3-7-12-13(19-20(2,15)16)10-17-14(18-12)11-8-5-4-6-9-11/h4-6,8-9,12-14H,3,7,10H2,1-2H3. The smallest absolute Gasteiger partial charge is 0.264 e. The number of benzene rings is 1. The van der Waals surface area contributed by atoms with Crippen molar-refractivity contribution < 1.29 is 22.1 Å². The van der Waals surface area contributed by atoms with E-state index in [0.717, 1.165) is 24.7 Å². The molecule has 5 nitrogen and oxygen atoms in total. The van der Waals surface area contributed by atoms with Crippen LogP contribution in [0.1, 0.15) is 31.6 Å². The molecule has 112 valence electrons. The average molecular weight is 300 g/mol. The lowest BCUT2D eigenvalue weighted by Gasteiger charge is -2.35. The molecule has 20 heavy (non-hydrogen) atoms. The van der Waals surface area contributed by atoms with Gasteiger partial charge >= 0.3 is 0 Å². The van der Waals surface area contributed by atoms with Gasteiger partial charge in [0.1, 0.15) is 6.10 Å². The first kappa shape index (κ1) is 15.4. The summed E-state index contributed by atoms with van der Waals surface area (Å²) in [7, 11) is -3.52. The molecule has 0 aliphatic carbocycles. The molecule has 0 saturated carbocycles. The summed E-state index contributed by atoms with van der Waals surface area (Å²) in [6.45, 7) is 2.23. The Kier molecular flexibility index (Phi) is 5.15. The number of hydrogen-bond donors (Lipinski definition) is 0. The van der Waals surface area contributed by atoms with Crippen LogP contribution in [0.4, 0.5) is 0 Å². The highest BCUT2D eigenvalue weighted by atomic mass is 32.2. The van der Waals surface area contributed by atoms with Crippen LogP contribution in [-0.2, 0) is 23.8 Å². The van der Waals surface area contributed by atoms with E-state index in [0.29, 0.717) is 0 Å². The van der Waals surface area contributed by atoms with Gasteiger partial charge in [-0.3, -0.25) is 4.18 Å². The molecule has 1 heterocycles. The van der Waals surface area contributed by atoms with Gasteiger partial charge in [-0.2, -0.15) is 8.42 Å². The lowest BCUT2D eigenvalue weighted by Crippen LogP contribution is -2.43. The van der Waals surface area contributed by atoms with E-state index in [9.17, 15) is 8.42 Å². The quantitative estimate of drug-likeness (QED) is 0.780. The Morgan fingerprint density at radius 1 is 1.30 bits per heavy atom. The molecular formula is C14H20O5S. The zero-order valence-corrected chi connectivity index (χ0v) is 12.5. The number of rotatable bonds is 5. The zero-order chi connectivity index (χ0) is 14.6. The first-order chi connectivity index (χ1) is 9.49. The molecule has 0 N–H and O–H groups in total. The molecular weight excluding hydrogens is 280 g/mol. The molecule has 6 heteroatoms. The van der Waals surface area contributed by atoms with E-state index in [1.54, 1.807) is 0 Å². The van der Waals surface area contributed by atoms with Crippen LogP contribution in [0.3, 0.4) is 0 Å². The first-order valence-corrected chi connectivity index (χ1v) is 8.51. The lowest BCUT2D eigenvalue weighted by atomic mass is 10.1. The molecule has 0 bridgehead atoms. The molecule has 0 spiro atoms. The maximum absolute atomic E-state index is 11.3. The zero-order valence-electron chi connectivity index (χ0n) is 11.7. The summed E-state index contributed by atoms with van der Waals surface area (Å²) in [5, 5.41) is 0. The molecule has 3 unspecified atom stereocenters. The van der Waals surface area contributed by atoms with Gasteiger partial charge in [-0.05, 0) is 6.42 Å². The van der Waals surface area contributed by atoms with Crippen LogP contribution in [0.25, 0.3) is 0 Å². The lowest BCUT2D eigenvalue weighted by molar-refractivity contribution is -0.252. The van der Waals surface area contributed by atoms with Crippen molar-refractivity contribution in [1.29, 1.82) is 0 Å². The Bertz CT molecular complexity index is 514. The Balaban J connectivity index is 2.07. The van der Waals surface area contributed by atoms with Gasteiger partial charge < -0.3 is 9.47 Å². The van der Waals surface area contributed by atoms with Crippen LogP contribution in [0, 0.1) is 0 Å². The van der Waals surface area contributed by atoms with E-state index in [2.05, 4.69) is 0 Å². The van der Waals surface area contributed by atoms with Gasteiger partial charge in [0.05, 0.1) is 19.0 Å².